The molecule has 5 nitrogen and oxygen atoms in total. The van der Waals surface area contributed by atoms with Gasteiger partial charge in [0, 0.05) is 79.2 Å². The van der Waals surface area contributed by atoms with Gasteiger partial charge in [-0.3, -0.25) is 4.98 Å². The van der Waals surface area contributed by atoms with Gasteiger partial charge in [-0.2, -0.15) is 0 Å². The van der Waals surface area contributed by atoms with Crippen LogP contribution in [0.1, 0.15) is 111 Å². The molecule has 19 aromatic carbocycles. The Morgan fingerprint density at radius 2 is 0.540 bits per heavy atom. The van der Waals surface area contributed by atoms with E-state index < -0.39 is 0 Å². The van der Waals surface area contributed by atoms with E-state index in [1.165, 1.54) is 232 Å². The van der Waals surface area contributed by atoms with Gasteiger partial charge in [0.25, 0.3) is 0 Å². The summed E-state index contributed by atoms with van der Waals surface area (Å²) in [5, 5.41) is 11.4. The Kier molecular flexibility index (Phi) is 22.2. The second-order valence-corrected chi connectivity index (χ2v) is 39.6. The third kappa shape index (κ3) is 16.3. The predicted octanol–water partition coefficient (Wildman–Crippen LogP) is 36.6. The summed E-state index contributed by atoms with van der Waals surface area (Å²) in [6, 6.07) is 167. The summed E-state index contributed by atoms with van der Waals surface area (Å²) in [6.45, 7) is 0. The van der Waals surface area contributed by atoms with Crippen LogP contribution in [0.15, 0.2) is 461 Å². The number of anilines is 9. The molecule has 0 radical (unpaired) electrons. The smallest absolute Gasteiger partial charge is 0.0702 e. The lowest BCUT2D eigenvalue weighted by Gasteiger charge is -2.27. The third-order valence-electron chi connectivity index (χ3n) is 31.8. The lowest BCUT2D eigenvalue weighted by atomic mass is 9.83. The summed E-state index contributed by atoms with van der Waals surface area (Å²) in [5.74, 6) is 7.73. The topological polar surface area (TPSA) is 27.5 Å². The summed E-state index contributed by atoms with van der Waals surface area (Å²) in [4.78, 5) is 11.7. The molecule has 9 atom stereocenters. The molecule has 0 saturated heterocycles. The Morgan fingerprint density at radius 3 is 0.978 bits per heavy atom. The fraction of sp³-hybridized carbons (Fsp3) is 0.159. The first-order chi connectivity index (χ1) is 67.8. The molecule has 6 aliphatic carbocycles. The van der Waals surface area contributed by atoms with Crippen molar-refractivity contribution in [2.75, 3.05) is 14.7 Å². The van der Waals surface area contributed by atoms with E-state index in [9.17, 15) is 0 Å². The molecule has 21 aromatic rings. The summed E-state index contributed by atoms with van der Waals surface area (Å²) in [5.41, 5.74) is 32.1. The number of pyridine rings is 1. The molecule has 0 aliphatic heterocycles. The van der Waals surface area contributed by atoms with E-state index in [2.05, 4.69) is 473 Å². The van der Waals surface area contributed by atoms with Gasteiger partial charge in [0.05, 0.1) is 16.6 Å². The molecule has 0 spiro atoms. The van der Waals surface area contributed by atoms with Gasteiger partial charge in [-0.05, 0) is 373 Å². The predicted molar refractivity (Wildman–Crippen MR) is 577 cm³/mol. The zero-order valence-corrected chi connectivity index (χ0v) is 77.3. The van der Waals surface area contributed by atoms with E-state index >= 15 is 0 Å². The van der Waals surface area contributed by atoms with Crippen LogP contribution in [0.25, 0.3) is 126 Å². The maximum Gasteiger partial charge on any atom is 0.0702 e. The van der Waals surface area contributed by atoms with Crippen LogP contribution >= 0.6 is 0 Å². The van der Waals surface area contributed by atoms with Crippen LogP contribution in [0.3, 0.4) is 0 Å². The average Bonchev–Trinajstić information content (AvgIpc) is 1.53. The van der Waals surface area contributed by atoms with Gasteiger partial charge in [0.1, 0.15) is 0 Å². The van der Waals surface area contributed by atoms with E-state index in [1.807, 2.05) is 12.3 Å². The lowest BCUT2D eigenvalue weighted by Crippen LogP contribution is -2.11. The van der Waals surface area contributed by atoms with E-state index in [0.29, 0.717) is 0 Å². The summed E-state index contributed by atoms with van der Waals surface area (Å²) >= 11 is 0. The van der Waals surface area contributed by atoms with Gasteiger partial charge in [-0.15, -0.1) is 0 Å². The highest BCUT2D eigenvalue weighted by molar-refractivity contribution is 6.13. The second kappa shape index (κ2) is 36.4. The Hall–Kier alpha value is -15.4. The number of hydrogen-bond donors (Lipinski definition) is 0. The highest BCUT2D eigenvalue weighted by Crippen LogP contribution is 2.57. The monoisotopic (exact) mass is 1760 g/mol. The summed E-state index contributed by atoms with van der Waals surface area (Å²) in [6.07, 6.45) is 18.8. The standard InChI is InChI=1S/C49H39N.C46H37N3.C37H33N/c1-4-12-44-34(8-1)11-7-15-45(44)35-18-24-41(25-19-35)50(42-26-20-36(21-27-42)48-31-33-16-17-40(48)30-33)43-28-22-37(23-29-43)49-46-13-5-2-9-38(46)32-39-10-3-6-14-47(39)49;1-3-9-45-41(7-1)42-8-2-4-10-46(42)49(45)40-24-22-39(23-25-40)48(38-20-15-33(16-21-38)43-29-31-11-12-35(43)28-31)37-18-13-32(14-19-37)34-17-26-44-36(30-34)6-5-27-47-44;1-3-7-28(8-4-1)29-13-15-30(16-14-29)31-17-21-35(22-18-31)38(34-9-5-2-6-10-34)36-23-19-32(20-24-36)37-26-27-11-12-33(37)25-27/h1-15,18-29,32-33,40,48H,16-17,30-31H2;1-10,13-27,30-31,35,43H,11-12,28-29H2;1-10,13-24,27,33,37H,11-12,25-26H2. The molecule has 27 rings (SSSR count). The molecule has 2 aromatic heterocycles. The Balaban J connectivity index is 0.000000110. The van der Waals surface area contributed by atoms with Crippen LogP contribution in [0.2, 0.25) is 0 Å². The zero-order valence-electron chi connectivity index (χ0n) is 77.3. The van der Waals surface area contributed by atoms with Gasteiger partial charge < -0.3 is 19.3 Å². The highest BCUT2D eigenvalue weighted by Gasteiger charge is 2.43. The van der Waals surface area contributed by atoms with Crippen molar-refractivity contribution in [3.05, 3.63) is 478 Å². The molecular weight excluding hydrogens is 1660 g/mol. The average molecular weight is 1770 g/mol. The molecule has 0 amide bonds. The molecule has 9 unspecified atom stereocenters. The number of hydrogen-bond acceptors (Lipinski definition) is 4. The van der Waals surface area contributed by atoms with Crippen molar-refractivity contribution >= 4 is 116 Å². The van der Waals surface area contributed by atoms with Gasteiger partial charge >= 0.3 is 0 Å². The SMILES string of the molecule is c1ccc(-c2ccc(-c3ccc(N(c4ccccc4)c4ccc(C5CC6CCC5C6)cc4)cc3)cc2)cc1.c1ccc2c(-c3ccc(N(c4ccc(-c5c6ccccc6cc6ccccc56)cc4)c4ccc(C5CC6CCC5C6)cc4)cc3)cccc2c1.c1cnc2ccc(-c3ccc(N(c4ccc(C5CC6CCC5C6)cc4)c4ccc(-n5c6ccccc6c6ccccc65)cc4)cc3)cc2c1. The Bertz CT molecular complexity index is 7800. The number of nitrogens with zero attached hydrogens (tertiary/aromatic N) is 5. The van der Waals surface area contributed by atoms with Crippen molar-refractivity contribution in [3.63, 3.8) is 0 Å². The normalized spacial score (nSPS) is 18.8. The van der Waals surface area contributed by atoms with Crippen LogP contribution in [0.5, 0.6) is 0 Å². The minimum atomic E-state index is 0.725. The van der Waals surface area contributed by atoms with Crippen molar-refractivity contribution in [1.82, 2.24) is 9.55 Å². The quantitative estimate of drug-likeness (QED) is 0.0800. The third-order valence-corrected chi connectivity index (χ3v) is 31.8. The fourth-order valence-corrected chi connectivity index (χ4v) is 25.2. The first-order valence-corrected chi connectivity index (χ1v) is 50.0. The molecule has 5 heteroatoms. The van der Waals surface area contributed by atoms with Gasteiger partial charge in [-0.25, -0.2) is 0 Å². The van der Waals surface area contributed by atoms with E-state index in [1.54, 1.807) is 0 Å². The highest BCUT2D eigenvalue weighted by atomic mass is 15.2. The van der Waals surface area contributed by atoms with Crippen LogP contribution in [-0.4, -0.2) is 9.55 Å². The maximum absolute atomic E-state index is 4.51. The summed E-state index contributed by atoms with van der Waals surface area (Å²) in [7, 11) is 0. The fourth-order valence-electron chi connectivity index (χ4n) is 25.2. The molecule has 2 heterocycles. The summed E-state index contributed by atoms with van der Waals surface area (Å²) < 4.78 is 2.39. The van der Waals surface area contributed by atoms with E-state index in [4.69, 9.17) is 0 Å². The Labute approximate surface area is 804 Å². The lowest BCUT2D eigenvalue weighted by molar-refractivity contribution is 0.420. The van der Waals surface area contributed by atoms with Crippen molar-refractivity contribution in [3.8, 4) is 61.3 Å². The molecule has 6 fully saturated rings. The number of rotatable bonds is 18. The van der Waals surface area contributed by atoms with Gasteiger partial charge in [0.15, 0.2) is 0 Å². The van der Waals surface area contributed by atoms with Crippen molar-refractivity contribution in [2.45, 2.75) is 94.8 Å². The van der Waals surface area contributed by atoms with Crippen molar-refractivity contribution < 1.29 is 0 Å². The Morgan fingerprint density at radius 1 is 0.212 bits per heavy atom. The molecule has 6 aliphatic rings. The van der Waals surface area contributed by atoms with E-state index in [-0.39, 0.29) is 0 Å². The molecule has 662 valence electrons. The second-order valence-electron chi connectivity index (χ2n) is 39.6. The first kappa shape index (κ1) is 83.4. The molecule has 6 bridgehead atoms. The van der Waals surface area contributed by atoms with Gasteiger partial charge in [-0.1, -0.05) is 317 Å². The van der Waals surface area contributed by atoms with Crippen molar-refractivity contribution in [1.29, 1.82) is 0 Å². The molecular formula is C132H109N5. The largest absolute Gasteiger partial charge is 0.311 e. The molecule has 137 heavy (non-hydrogen) atoms. The molecule has 6 saturated carbocycles. The van der Waals surface area contributed by atoms with Crippen LogP contribution < -0.4 is 14.7 Å². The number of benzene rings is 19. The first-order valence-electron chi connectivity index (χ1n) is 50.0. The number of fused-ring (bicyclic) bond motifs is 13. The van der Waals surface area contributed by atoms with Gasteiger partial charge in [0.2, 0.25) is 0 Å². The minimum Gasteiger partial charge on any atom is -0.311 e. The van der Waals surface area contributed by atoms with E-state index in [0.717, 1.165) is 92.6 Å². The molecule has 0 N–H and O–H groups in total. The van der Waals surface area contributed by atoms with Crippen LogP contribution in [0.4, 0.5) is 51.2 Å². The number of aromatic nitrogens is 2. The number of para-hydroxylation sites is 3. The van der Waals surface area contributed by atoms with Crippen LogP contribution in [0, 0.1) is 35.5 Å². The van der Waals surface area contributed by atoms with Crippen LogP contribution in [-0.2, 0) is 0 Å². The van der Waals surface area contributed by atoms with Crippen molar-refractivity contribution in [2.24, 2.45) is 35.5 Å². The maximum atomic E-state index is 4.51. The minimum absolute atomic E-state index is 0.725. The zero-order chi connectivity index (χ0) is 90.6.